The molecule has 0 fully saturated rings. The molecule has 2 N–H and O–H groups in total. The van der Waals surface area contributed by atoms with Crippen molar-refractivity contribution >= 4 is 45.6 Å². The van der Waals surface area contributed by atoms with Crippen LogP contribution < -0.4 is 15.4 Å². The number of hydrogen-bond acceptors (Lipinski definition) is 8. The van der Waals surface area contributed by atoms with Gasteiger partial charge in [-0.15, -0.1) is 10.2 Å². The number of hydrogen-bond donors (Lipinski definition) is 2. The Labute approximate surface area is 176 Å². The maximum atomic E-state index is 12.4. The van der Waals surface area contributed by atoms with Gasteiger partial charge in [0.1, 0.15) is 5.75 Å². The number of amides is 1. The first-order valence-corrected chi connectivity index (χ1v) is 10.6. The number of rotatable bonds is 9. The summed E-state index contributed by atoms with van der Waals surface area (Å²) in [6.45, 7) is 1.92. The minimum atomic E-state index is -0.0844. The third-order valence-corrected chi connectivity index (χ3v) is 5.84. The molecule has 2 aromatic carbocycles. The molecule has 150 valence electrons. The average molecular weight is 429 g/mol. The molecule has 1 aromatic heterocycles. The molecule has 0 radical (unpaired) electrons. The summed E-state index contributed by atoms with van der Waals surface area (Å²) in [5.74, 6) is 0.957. The Kier molecular flexibility index (Phi) is 7.20. The number of ketones is 1. The molecule has 7 nitrogen and oxygen atoms in total. The second kappa shape index (κ2) is 10.0. The highest BCUT2D eigenvalue weighted by molar-refractivity contribution is 8.01. The maximum Gasteiger partial charge on any atom is 0.217 e. The lowest BCUT2D eigenvalue weighted by atomic mass is 10.1. The Morgan fingerprint density at radius 3 is 2.66 bits per heavy atom. The molecule has 0 saturated heterocycles. The van der Waals surface area contributed by atoms with Gasteiger partial charge in [0, 0.05) is 30.8 Å². The molecule has 0 aliphatic rings. The Bertz CT molecular complexity index is 989. The van der Waals surface area contributed by atoms with Crippen LogP contribution in [0, 0.1) is 0 Å². The molecule has 0 spiro atoms. The highest BCUT2D eigenvalue weighted by Gasteiger charge is 2.11. The zero-order valence-electron chi connectivity index (χ0n) is 16.0. The highest BCUT2D eigenvalue weighted by atomic mass is 32.2. The molecule has 3 rings (SSSR count). The quantitative estimate of drug-likeness (QED) is 0.394. The monoisotopic (exact) mass is 428 g/mol. The molecule has 0 saturated carbocycles. The Morgan fingerprint density at radius 2 is 1.93 bits per heavy atom. The van der Waals surface area contributed by atoms with Crippen LogP contribution in [0.3, 0.4) is 0 Å². The van der Waals surface area contributed by atoms with Crippen LogP contribution in [0.5, 0.6) is 5.75 Å². The van der Waals surface area contributed by atoms with Crippen molar-refractivity contribution in [1.29, 1.82) is 0 Å². The predicted octanol–water partition coefficient (Wildman–Crippen LogP) is 3.90. The first-order chi connectivity index (χ1) is 14.0. The summed E-state index contributed by atoms with van der Waals surface area (Å²) in [6, 6.07) is 14.8. The van der Waals surface area contributed by atoms with Gasteiger partial charge in [-0.2, -0.15) is 0 Å². The third kappa shape index (κ3) is 6.30. The number of carbonyl (C=O) groups excluding carboxylic acids is 2. The minimum absolute atomic E-state index is 0.0126. The van der Waals surface area contributed by atoms with E-state index in [1.807, 2.05) is 36.4 Å². The second-order valence-corrected chi connectivity index (χ2v) is 8.25. The van der Waals surface area contributed by atoms with Gasteiger partial charge in [0.05, 0.1) is 12.9 Å². The first-order valence-electron chi connectivity index (χ1n) is 8.77. The number of thioether (sulfide) groups is 1. The third-order valence-electron chi connectivity index (χ3n) is 3.87. The van der Waals surface area contributed by atoms with Gasteiger partial charge in [0.15, 0.2) is 10.1 Å². The molecular formula is C20H20N4O3S2. The summed E-state index contributed by atoms with van der Waals surface area (Å²) in [7, 11) is 1.62. The van der Waals surface area contributed by atoms with Gasteiger partial charge in [-0.05, 0) is 17.7 Å². The normalized spacial score (nSPS) is 10.4. The summed E-state index contributed by atoms with van der Waals surface area (Å²) < 4.78 is 5.92. The van der Waals surface area contributed by atoms with Gasteiger partial charge in [-0.25, -0.2) is 0 Å². The first kappa shape index (κ1) is 20.8. The fraction of sp³-hybridized carbons (Fsp3) is 0.200. The fourth-order valence-corrected chi connectivity index (χ4v) is 4.06. The number of aromatic nitrogens is 2. The number of ether oxygens (including phenoxy) is 1. The largest absolute Gasteiger partial charge is 0.497 e. The van der Waals surface area contributed by atoms with Crippen molar-refractivity contribution in [3.8, 4) is 5.75 Å². The van der Waals surface area contributed by atoms with Crippen LogP contribution in [0.2, 0.25) is 0 Å². The zero-order valence-corrected chi connectivity index (χ0v) is 17.6. The van der Waals surface area contributed by atoms with Gasteiger partial charge < -0.3 is 15.4 Å². The molecule has 0 atom stereocenters. The fourth-order valence-electron chi connectivity index (χ4n) is 2.39. The average Bonchev–Trinajstić information content (AvgIpc) is 3.18. The van der Waals surface area contributed by atoms with Crippen LogP contribution in [0.15, 0.2) is 52.9 Å². The summed E-state index contributed by atoms with van der Waals surface area (Å²) in [4.78, 5) is 23.4. The topological polar surface area (TPSA) is 93.2 Å². The van der Waals surface area contributed by atoms with Crippen molar-refractivity contribution in [3.05, 3.63) is 59.7 Å². The van der Waals surface area contributed by atoms with Gasteiger partial charge in [0.25, 0.3) is 0 Å². The number of nitrogens with one attached hydrogen (secondary N) is 2. The highest BCUT2D eigenvalue weighted by Crippen LogP contribution is 2.29. The Balaban J connectivity index is 1.52. The van der Waals surface area contributed by atoms with Crippen molar-refractivity contribution in [2.24, 2.45) is 0 Å². The van der Waals surface area contributed by atoms with E-state index in [0.29, 0.717) is 21.6 Å². The zero-order chi connectivity index (χ0) is 20.6. The lowest BCUT2D eigenvalue weighted by Gasteiger charge is -2.04. The van der Waals surface area contributed by atoms with E-state index in [-0.39, 0.29) is 17.4 Å². The number of methoxy groups -OCH3 is 1. The van der Waals surface area contributed by atoms with E-state index in [1.165, 1.54) is 30.0 Å². The van der Waals surface area contributed by atoms with E-state index in [0.717, 1.165) is 17.0 Å². The van der Waals surface area contributed by atoms with Crippen molar-refractivity contribution < 1.29 is 14.3 Å². The van der Waals surface area contributed by atoms with Crippen LogP contribution in [-0.2, 0) is 11.3 Å². The minimum Gasteiger partial charge on any atom is -0.497 e. The van der Waals surface area contributed by atoms with Gasteiger partial charge >= 0.3 is 0 Å². The molecule has 1 heterocycles. The summed E-state index contributed by atoms with van der Waals surface area (Å²) >= 11 is 2.74. The molecule has 3 aromatic rings. The number of nitrogens with zero attached hydrogens (tertiary/aromatic N) is 2. The SMILES string of the molecule is COc1cccc(Nc2nnc(SCC(=O)c3ccc(CNC(C)=O)cc3)s2)c1. The van der Waals surface area contributed by atoms with E-state index in [9.17, 15) is 9.59 Å². The summed E-state index contributed by atoms with van der Waals surface area (Å²) in [5, 5.41) is 14.8. The van der Waals surface area contributed by atoms with Crippen LogP contribution in [0.25, 0.3) is 0 Å². The molecule has 9 heteroatoms. The van der Waals surface area contributed by atoms with Crippen molar-refractivity contribution in [2.45, 2.75) is 17.8 Å². The van der Waals surface area contributed by atoms with Crippen LogP contribution >= 0.6 is 23.1 Å². The number of anilines is 2. The lowest BCUT2D eigenvalue weighted by molar-refractivity contribution is -0.119. The number of carbonyl (C=O) groups is 2. The Hall–Kier alpha value is -2.91. The number of benzene rings is 2. The molecule has 0 bridgehead atoms. The van der Waals surface area contributed by atoms with E-state index < -0.39 is 0 Å². The molecule has 1 amide bonds. The van der Waals surface area contributed by atoms with Crippen molar-refractivity contribution in [1.82, 2.24) is 15.5 Å². The van der Waals surface area contributed by atoms with E-state index >= 15 is 0 Å². The van der Waals surface area contributed by atoms with E-state index in [2.05, 4.69) is 20.8 Å². The molecule has 29 heavy (non-hydrogen) atoms. The summed E-state index contributed by atoms with van der Waals surface area (Å²) in [5.41, 5.74) is 2.43. The van der Waals surface area contributed by atoms with Gasteiger partial charge in [-0.1, -0.05) is 53.4 Å². The van der Waals surface area contributed by atoms with E-state index in [4.69, 9.17) is 4.74 Å². The molecule has 0 aliphatic heterocycles. The van der Waals surface area contributed by atoms with E-state index in [1.54, 1.807) is 19.2 Å². The van der Waals surface area contributed by atoms with Gasteiger partial charge in [0.2, 0.25) is 11.0 Å². The maximum absolute atomic E-state index is 12.4. The lowest BCUT2D eigenvalue weighted by Crippen LogP contribution is -2.18. The smallest absolute Gasteiger partial charge is 0.217 e. The molecular weight excluding hydrogens is 408 g/mol. The number of Topliss-reactive ketones (excluding diaryl/α,β-unsaturated/α-hetero) is 1. The predicted molar refractivity (Wildman–Crippen MR) is 115 cm³/mol. The van der Waals surface area contributed by atoms with Crippen LogP contribution in [0.1, 0.15) is 22.8 Å². The standard InChI is InChI=1S/C20H20N4O3S2/c1-13(25)21-11-14-6-8-15(9-7-14)18(26)12-28-20-24-23-19(29-20)22-16-4-3-5-17(10-16)27-2/h3-10H,11-12H2,1-2H3,(H,21,25)(H,22,23). The van der Waals surface area contributed by atoms with Gasteiger partial charge in [-0.3, -0.25) is 9.59 Å². The second-order valence-electron chi connectivity index (χ2n) is 6.05. The van der Waals surface area contributed by atoms with Crippen LogP contribution in [0.4, 0.5) is 10.8 Å². The van der Waals surface area contributed by atoms with Crippen LogP contribution in [-0.4, -0.2) is 34.8 Å². The summed E-state index contributed by atoms with van der Waals surface area (Å²) in [6.07, 6.45) is 0. The molecule has 0 unspecified atom stereocenters. The Morgan fingerprint density at radius 1 is 1.14 bits per heavy atom. The van der Waals surface area contributed by atoms with Crippen molar-refractivity contribution in [3.63, 3.8) is 0 Å². The molecule has 0 aliphatic carbocycles. The van der Waals surface area contributed by atoms with Crippen molar-refractivity contribution in [2.75, 3.05) is 18.2 Å².